The summed E-state index contributed by atoms with van der Waals surface area (Å²) in [5.41, 5.74) is 5.33. The van der Waals surface area contributed by atoms with Crippen molar-refractivity contribution in [3.8, 4) is 11.5 Å². The molecule has 0 fully saturated rings. The van der Waals surface area contributed by atoms with Gasteiger partial charge in [-0.15, -0.1) is 11.8 Å². The van der Waals surface area contributed by atoms with E-state index in [9.17, 15) is 18.8 Å². The number of carbonyl (C=O) groups is 3. The van der Waals surface area contributed by atoms with Gasteiger partial charge < -0.3 is 14.8 Å². The smallest absolute Gasteiger partial charge is 0.269 e. The molecule has 3 N–H and O–H groups in total. The standard InChI is InChI=1S/C18H16FN3O5S/c19-12-2-4-13(5-3-12)20-16(23)8-28-9-17(24)21-22-18(25)11-1-6-14-15(7-11)27-10-26-14/h1-7H,8-10H2,(H,20,23)(H,21,24)(H,22,25). The summed E-state index contributed by atoms with van der Waals surface area (Å²) in [6.07, 6.45) is 0. The van der Waals surface area contributed by atoms with Gasteiger partial charge in [0, 0.05) is 11.3 Å². The van der Waals surface area contributed by atoms with Crippen molar-refractivity contribution < 1.29 is 28.2 Å². The maximum Gasteiger partial charge on any atom is 0.269 e. The number of benzene rings is 2. The van der Waals surface area contributed by atoms with Crippen LogP contribution in [0.15, 0.2) is 42.5 Å². The maximum absolute atomic E-state index is 12.8. The Kier molecular flexibility index (Phi) is 6.33. The highest BCUT2D eigenvalue weighted by molar-refractivity contribution is 8.00. The summed E-state index contributed by atoms with van der Waals surface area (Å²) < 4.78 is 23.2. The number of thioether (sulfide) groups is 1. The molecule has 3 rings (SSSR count). The second-order valence-corrected chi connectivity index (χ2v) is 6.60. The zero-order valence-corrected chi connectivity index (χ0v) is 15.3. The first-order valence-corrected chi connectivity index (χ1v) is 9.29. The molecule has 0 atom stereocenters. The van der Waals surface area contributed by atoms with Gasteiger partial charge in [-0.05, 0) is 42.5 Å². The van der Waals surface area contributed by atoms with Crippen molar-refractivity contribution in [2.75, 3.05) is 23.6 Å². The van der Waals surface area contributed by atoms with Crippen LogP contribution in [0.5, 0.6) is 11.5 Å². The summed E-state index contributed by atoms with van der Waals surface area (Å²) in [5.74, 6) is -0.684. The van der Waals surface area contributed by atoms with E-state index in [4.69, 9.17) is 9.47 Å². The van der Waals surface area contributed by atoms with Gasteiger partial charge in [-0.2, -0.15) is 0 Å². The lowest BCUT2D eigenvalue weighted by atomic mass is 10.2. The molecular formula is C18H16FN3O5S. The average Bonchev–Trinajstić information content (AvgIpc) is 3.15. The predicted molar refractivity (Wildman–Crippen MR) is 101 cm³/mol. The van der Waals surface area contributed by atoms with Gasteiger partial charge in [-0.3, -0.25) is 25.2 Å². The summed E-state index contributed by atoms with van der Waals surface area (Å²) in [4.78, 5) is 35.6. The third kappa shape index (κ3) is 5.36. The number of fused-ring (bicyclic) bond motifs is 1. The van der Waals surface area contributed by atoms with E-state index in [1.165, 1.54) is 30.3 Å². The molecule has 28 heavy (non-hydrogen) atoms. The summed E-state index contributed by atoms with van der Waals surface area (Å²) in [5, 5.41) is 2.59. The largest absolute Gasteiger partial charge is 0.454 e. The lowest BCUT2D eigenvalue weighted by Crippen LogP contribution is -2.42. The van der Waals surface area contributed by atoms with Gasteiger partial charge in [0.2, 0.25) is 18.6 Å². The van der Waals surface area contributed by atoms with Crippen molar-refractivity contribution in [2.24, 2.45) is 0 Å². The van der Waals surface area contributed by atoms with Crippen molar-refractivity contribution in [1.29, 1.82) is 0 Å². The molecule has 0 aliphatic carbocycles. The van der Waals surface area contributed by atoms with E-state index >= 15 is 0 Å². The van der Waals surface area contributed by atoms with Gasteiger partial charge in [0.15, 0.2) is 11.5 Å². The molecule has 3 amide bonds. The quantitative estimate of drug-likeness (QED) is 0.632. The van der Waals surface area contributed by atoms with Gasteiger partial charge in [0.1, 0.15) is 5.82 Å². The van der Waals surface area contributed by atoms with Crippen LogP contribution in [0.25, 0.3) is 0 Å². The number of ether oxygens (including phenoxy) is 2. The molecule has 0 saturated carbocycles. The van der Waals surface area contributed by atoms with Crippen molar-refractivity contribution in [3.05, 3.63) is 53.8 Å². The first-order chi connectivity index (χ1) is 13.5. The molecule has 0 radical (unpaired) electrons. The Hall–Kier alpha value is -3.27. The van der Waals surface area contributed by atoms with Crippen LogP contribution in [-0.4, -0.2) is 36.0 Å². The van der Waals surface area contributed by atoms with Gasteiger partial charge in [0.05, 0.1) is 11.5 Å². The van der Waals surface area contributed by atoms with Crippen LogP contribution >= 0.6 is 11.8 Å². The third-order valence-electron chi connectivity index (χ3n) is 3.54. The fourth-order valence-corrected chi connectivity index (χ4v) is 2.86. The van der Waals surface area contributed by atoms with Crippen LogP contribution in [-0.2, 0) is 9.59 Å². The van der Waals surface area contributed by atoms with Crippen LogP contribution in [0, 0.1) is 5.82 Å². The molecule has 0 bridgehead atoms. The minimum Gasteiger partial charge on any atom is -0.454 e. The second-order valence-electron chi connectivity index (χ2n) is 5.62. The van der Waals surface area contributed by atoms with Crippen molar-refractivity contribution >= 4 is 35.2 Å². The van der Waals surface area contributed by atoms with Gasteiger partial charge in [-0.1, -0.05) is 0 Å². The number of hydrogen-bond acceptors (Lipinski definition) is 6. The molecule has 2 aromatic rings. The molecule has 0 unspecified atom stereocenters. The van der Waals surface area contributed by atoms with E-state index in [-0.39, 0.29) is 24.2 Å². The van der Waals surface area contributed by atoms with E-state index in [0.717, 1.165) is 11.8 Å². The molecule has 0 saturated heterocycles. The lowest BCUT2D eigenvalue weighted by Gasteiger charge is -2.08. The highest BCUT2D eigenvalue weighted by Crippen LogP contribution is 2.32. The van der Waals surface area contributed by atoms with Crippen LogP contribution in [0.3, 0.4) is 0 Å². The fourth-order valence-electron chi connectivity index (χ4n) is 2.24. The number of rotatable bonds is 6. The number of anilines is 1. The number of hydrazine groups is 1. The molecule has 1 heterocycles. The highest BCUT2D eigenvalue weighted by atomic mass is 32.2. The minimum absolute atomic E-state index is 0.0287. The Morgan fingerprint density at radius 2 is 1.64 bits per heavy atom. The molecule has 146 valence electrons. The monoisotopic (exact) mass is 405 g/mol. The summed E-state index contributed by atoms with van der Waals surface area (Å²) in [6.45, 7) is 0.100. The Bertz CT molecular complexity index is 891. The van der Waals surface area contributed by atoms with Crippen molar-refractivity contribution in [3.63, 3.8) is 0 Å². The van der Waals surface area contributed by atoms with E-state index in [1.807, 2.05) is 0 Å². The minimum atomic E-state index is -0.509. The molecule has 0 spiro atoms. The zero-order valence-electron chi connectivity index (χ0n) is 14.5. The first kappa shape index (κ1) is 19.5. The maximum atomic E-state index is 12.8. The molecular weight excluding hydrogens is 389 g/mol. The van der Waals surface area contributed by atoms with Crippen molar-refractivity contribution in [2.45, 2.75) is 0 Å². The average molecular weight is 405 g/mol. The van der Waals surface area contributed by atoms with Gasteiger partial charge in [0.25, 0.3) is 5.91 Å². The zero-order chi connectivity index (χ0) is 19.9. The summed E-state index contributed by atoms with van der Waals surface area (Å²) in [6, 6.07) is 10.0. The lowest BCUT2D eigenvalue weighted by molar-refractivity contribution is -0.119. The third-order valence-corrected chi connectivity index (χ3v) is 4.48. The Morgan fingerprint density at radius 3 is 2.43 bits per heavy atom. The molecule has 0 aromatic heterocycles. The Labute approximate surface area is 163 Å². The van der Waals surface area contributed by atoms with Gasteiger partial charge in [-0.25, -0.2) is 4.39 Å². The Balaban J connectivity index is 1.35. The molecule has 2 aromatic carbocycles. The van der Waals surface area contributed by atoms with E-state index in [2.05, 4.69) is 16.2 Å². The van der Waals surface area contributed by atoms with Crippen LogP contribution in [0.4, 0.5) is 10.1 Å². The molecule has 1 aliphatic rings. The molecule has 1 aliphatic heterocycles. The summed E-state index contributed by atoms with van der Waals surface area (Å²) >= 11 is 1.07. The SMILES string of the molecule is O=C(CSCC(=O)Nc1ccc(F)cc1)NNC(=O)c1ccc2c(c1)OCO2. The summed E-state index contributed by atoms with van der Waals surface area (Å²) in [7, 11) is 0. The number of hydrogen-bond donors (Lipinski definition) is 3. The Morgan fingerprint density at radius 1 is 0.929 bits per heavy atom. The predicted octanol–water partition coefficient (Wildman–Crippen LogP) is 1.69. The topological polar surface area (TPSA) is 106 Å². The fraction of sp³-hybridized carbons (Fsp3) is 0.167. The van der Waals surface area contributed by atoms with Crippen LogP contribution < -0.4 is 25.6 Å². The molecule has 10 heteroatoms. The normalized spacial score (nSPS) is 11.6. The number of nitrogens with one attached hydrogen (secondary N) is 3. The number of amides is 3. The second kappa shape index (κ2) is 9.09. The first-order valence-electron chi connectivity index (χ1n) is 8.13. The highest BCUT2D eigenvalue weighted by Gasteiger charge is 2.16. The number of halogens is 1. The van der Waals surface area contributed by atoms with E-state index < -0.39 is 17.6 Å². The van der Waals surface area contributed by atoms with Crippen molar-refractivity contribution in [1.82, 2.24) is 10.9 Å². The number of carbonyl (C=O) groups excluding carboxylic acids is 3. The van der Waals surface area contributed by atoms with Crippen LogP contribution in [0.2, 0.25) is 0 Å². The van der Waals surface area contributed by atoms with Gasteiger partial charge >= 0.3 is 0 Å². The van der Waals surface area contributed by atoms with E-state index in [1.54, 1.807) is 12.1 Å². The van der Waals surface area contributed by atoms with E-state index in [0.29, 0.717) is 22.7 Å². The molecule has 8 nitrogen and oxygen atoms in total. The van der Waals surface area contributed by atoms with Crippen LogP contribution in [0.1, 0.15) is 10.4 Å².